The molecule has 152 valence electrons. The van der Waals surface area contributed by atoms with E-state index in [2.05, 4.69) is 27.2 Å². The van der Waals surface area contributed by atoms with Gasteiger partial charge in [-0.2, -0.15) is 5.10 Å². The number of amides is 1. The average molecular weight is 388 g/mol. The maximum atomic E-state index is 12.9. The zero-order valence-electron chi connectivity index (χ0n) is 17.0. The van der Waals surface area contributed by atoms with Crippen LogP contribution in [0.3, 0.4) is 0 Å². The molecule has 2 fully saturated rings. The molecule has 4 heterocycles. The minimum atomic E-state index is 0.0713. The van der Waals surface area contributed by atoms with Crippen LogP contribution in [0.5, 0.6) is 0 Å². The molecule has 9 heteroatoms. The number of rotatable bonds is 4. The highest BCUT2D eigenvalue weighted by molar-refractivity contribution is 5.92. The van der Waals surface area contributed by atoms with Crippen LogP contribution in [-0.4, -0.2) is 69.5 Å². The van der Waals surface area contributed by atoms with E-state index in [1.165, 1.54) is 0 Å². The smallest absolute Gasteiger partial charge is 0.272 e. The van der Waals surface area contributed by atoms with Crippen LogP contribution < -0.4 is 0 Å². The quantitative estimate of drug-likeness (QED) is 0.785. The highest BCUT2D eigenvalue weighted by atomic mass is 16.5. The van der Waals surface area contributed by atoms with Gasteiger partial charge in [0, 0.05) is 33.8 Å². The van der Waals surface area contributed by atoms with Crippen LogP contribution in [0.1, 0.15) is 53.3 Å². The summed E-state index contributed by atoms with van der Waals surface area (Å²) in [7, 11) is 5.54. The van der Waals surface area contributed by atoms with E-state index in [1.807, 2.05) is 24.9 Å². The van der Waals surface area contributed by atoms with E-state index in [4.69, 9.17) is 9.15 Å². The Morgan fingerprint density at radius 3 is 2.71 bits per heavy atom. The average Bonchev–Trinajstić information content (AvgIpc) is 3.33. The second-order valence-corrected chi connectivity index (χ2v) is 8.19. The number of carbonyl (C=O) groups is 1. The van der Waals surface area contributed by atoms with Gasteiger partial charge in [0.2, 0.25) is 11.8 Å². The van der Waals surface area contributed by atoms with Gasteiger partial charge in [-0.25, -0.2) is 0 Å². The van der Waals surface area contributed by atoms with Crippen molar-refractivity contribution in [3.05, 3.63) is 29.2 Å². The third-order valence-electron chi connectivity index (χ3n) is 6.11. The number of carbonyl (C=O) groups excluding carboxylic acids is 1. The fourth-order valence-electron chi connectivity index (χ4n) is 4.65. The molecule has 1 spiro atoms. The number of hydrogen-bond acceptors (Lipinski definition) is 7. The van der Waals surface area contributed by atoms with Crippen molar-refractivity contribution < 1.29 is 13.9 Å². The molecule has 0 aromatic carbocycles. The van der Waals surface area contributed by atoms with Gasteiger partial charge in [-0.15, -0.1) is 10.2 Å². The van der Waals surface area contributed by atoms with Crippen LogP contribution >= 0.6 is 0 Å². The molecule has 28 heavy (non-hydrogen) atoms. The summed E-state index contributed by atoms with van der Waals surface area (Å²) in [5, 5.41) is 12.6. The predicted molar refractivity (Wildman–Crippen MR) is 101 cm³/mol. The topological polar surface area (TPSA) is 89.5 Å². The molecule has 0 bridgehead atoms. The molecule has 2 saturated heterocycles. The van der Waals surface area contributed by atoms with Gasteiger partial charge >= 0.3 is 0 Å². The second kappa shape index (κ2) is 7.29. The van der Waals surface area contributed by atoms with Crippen molar-refractivity contribution in [3.63, 3.8) is 0 Å². The Kier molecular flexibility index (Phi) is 4.96. The van der Waals surface area contributed by atoms with Gasteiger partial charge in [0.25, 0.3) is 5.91 Å². The number of aryl methyl sites for hydroxylation is 2. The van der Waals surface area contributed by atoms with Gasteiger partial charge in [0.05, 0.1) is 11.7 Å². The summed E-state index contributed by atoms with van der Waals surface area (Å²) in [6.45, 7) is 4.75. The van der Waals surface area contributed by atoms with E-state index < -0.39 is 0 Å². The van der Waals surface area contributed by atoms with Crippen molar-refractivity contribution in [2.24, 2.45) is 12.5 Å². The lowest BCUT2D eigenvalue weighted by atomic mass is 9.76. The molecule has 0 aliphatic carbocycles. The molecule has 9 nitrogen and oxygen atoms in total. The number of nitrogens with zero attached hydrogens (tertiary/aromatic N) is 6. The van der Waals surface area contributed by atoms with E-state index in [0.717, 1.165) is 44.6 Å². The van der Waals surface area contributed by atoms with E-state index >= 15 is 0 Å². The van der Waals surface area contributed by atoms with Gasteiger partial charge in [-0.3, -0.25) is 14.4 Å². The molecule has 1 atom stereocenters. The van der Waals surface area contributed by atoms with Crippen molar-refractivity contribution in [3.8, 4) is 0 Å². The first-order valence-corrected chi connectivity index (χ1v) is 9.72. The molecule has 1 unspecified atom stereocenters. The number of likely N-dealkylation sites (tertiary alicyclic amines) is 2. The second-order valence-electron chi connectivity index (χ2n) is 8.19. The van der Waals surface area contributed by atoms with Gasteiger partial charge in [-0.05, 0) is 44.7 Å². The Morgan fingerprint density at radius 2 is 2.07 bits per heavy atom. The molecular weight excluding hydrogens is 360 g/mol. The van der Waals surface area contributed by atoms with E-state index in [-0.39, 0.29) is 17.4 Å². The molecule has 2 aliphatic heterocycles. The molecular formula is C19H28N6O3. The van der Waals surface area contributed by atoms with Crippen LogP contribution in [0.25, 0.3) is 0 Å². The Bertz CT molecular complexity index is 852. The van der Waals surface area contributed by atoms with Crippen molar-refractivity contribution in [2.75, 3.05) is 33.8 Å². The van der Waals surface area contributed by atoms with E-state index in [0.29, 0.717) is 24.1 Å². The highest BCUT2D eigenvalue weighted by Crippen LogP contribution is 2.48. The van der Waals surface area contributed by atoms with Crippen molar-refractivity contribution in [1.82, 2.24) is 29.8 Å². The standard InChI is InChI=1S/C19H28N6O3/c1-13-9-14(24(3)22-13)18(26)25-7-5-19(6-8-25)10-15(23(2)12-19)17-21-20-16(28-17)11-27-4/h9,15H,5-8,10-12H2,1-4H3. The van der Waals surface area contributed by atoms with Crippen LogP contribution in [0.15, 0.2) is 10.5 Å². The van der Waals surface area contributed by atoms with Crippen molar-refractivity contribution in [2.45, 2.75) is 38.8 Å². The summed E-state index contributed by atoms with van der Waals surface area (Å²) >= 11 is 0. The van der Waals surface area contributed by atoms with E-state index in [1.54, 1.807) is 11.8 Å². The van der Waals surface area contributed by atoms with Gasteiger partial charge in [0.1, 0.15) is 12.3 Å². The SMILES string of the molecule is COCc1nnc(C2CC3(CCN(C(=O)c4cc(C)nn4C)CC3)CN2C)o1. The maximum Gasteiger partial charge on any atom is 0.272 e. The Hall–Kier alpha value is -2.26. The third-order valence-corrected chi connectivity index (χ3v) is 6.11. The largest absolute Gasteiger partial charge is 0.421 e. The number of ether oxygens (including phenoxy) is 1. The summed E-state index contributed by atoms with van der Waals surface area (Å²) in [5.74, 6) is 1.25. The Labute approximate surface area is 164 Å². The first-order chi connectivity index (χ1) is 13.4. The fraction of sp³-hybridized carbons (Fsp3) is 0.684. The Balaban J connectivity index is 1.41. The molecule has 4 rings (SSSR count). The van der Waals surface area contributed by atoms with E-state index in [9.17, 15) is 4.79 Å². The van der Waals surface area contributed by atoms with Crippen LogP contribution in [0, 0.1) is 12.3 Å². The Morgan fingerprint density at radius 1 is 1.32 bits per heavy atom. The normalized spacial score (nSPS) is 22.3. The molecule has 0 N–H and O–H groups in total. The zero-order chi connectivity index (χ0) is 19.9. The summed E-state index contributed by atoms with van der Waals surface area (Å²) in [4.78, 5) is 17.1. The number of aromatic nitrogens is 4. The first-order valence-electron chi connectivity index (χ1n) is 9.72. The number of hydrogen-bond donors (Lipinski definition) is 0. The predicted octanol–water partition coefficient (Wildman–Crippen LogP) is 1.56. The summed E-state index contributed by atoms with van der Waals surface area (Å²) in [5.41, 5.74) is 1.72. The fourth-order valence-corrected chi connectivity index (χ4v) is 4.65. The minimum absolute atomic E-state index is 0.0713. The monoisotopic (exact) mass is 388 g/mol. The first kappa shape index (κ1) is 19.1. The summed E-state index contributed by atoms with van der Waals surface area (Å²) in [6, 6.07) is 1.99. The van der Waals surface area contributed by atoms with Crippen LogP contribution in [0.2, 0.25) is 0 Å². The molecule has 0 radical (unpaired) electrons. The maximum absolute atomic E-state index is 12.9. The zero-order valence-corrected chi connectivity index (χ0v) is 17.0. The lowest BCUT2D eigenvalue weighted by Crippen LogP contribution is -2.44. The number of methoxy groups -OCH3 is 1. The summed E-state index contributed by atoms with van der Waals surface area (Å²) < 4.78 is 12.5. The molecule has 2 aliphatic rings. The van der Waals surface area contributed by atoms with Crippen molar-refractivity contribution in [1.29, 1.82) is 0 Å². The van der Waals surface area contributed by atoms with Gasteiger partial charge in [-0.1, -0.05) is 0 Å². The highest BCUT2D eigenvalue weighted by Gasteiger charge is 2.47. The molecule has 1 amide bonds. The third kappa shape index (κ3) is 3.44. The lowest BCUT2D eigenvalue weighted by Gasteiger charge is -2.39. The van der Waals surface area contributed by atoms with Gasteiger partial charge < -0.3 is 14.1 Å². The van der Waals surface area contributed by atoms with Crippen molar-refractivity contribution >= 4 is 5.91 Å². The lowest BCUT2D eigenvalue weighted by molar-refractivity contribution is 0.0582. The minimum Gasteiger partial charge on any atom is -0.421 e. The molecule has 0 saturated carbocycles. The molecule has 2 aromatic rings. The number of piperidine rings is 1. The van der Waals surface area contributed by atoms with Gasteiger partial charge in [0.15, 0.2) is 0 Å². The summed E-state index contributed by atoms with van der Waals surface area (Å²) in [6.07, 6.45) is 2.94. The molecule has 2 aromatic heterocycles. The van der Waals surface area contributed by atoms with Crippen LogP contribution in [-0.2, 0) is 18.4 Å². The van der Waals surface area contributed by atoms with Crippen LogP contribution in [0.4, 0.5) is 0 Å².